The summed E-state index contributed by atoms with van der Waals surface area (Å²) in [7, 11) is 6.18. The van der Waals surface area contributed by atoms with E-state index in [9.17, 15) is 9.59 Å². The van der Waals surface area contributed by atoms with Gasteiger partial charge in [-0.2, -0.15) is 0 Å². The molecule has 32 heavy (non-hydrogen) atoms. The van der Waals surface area contributed by atoms with Gasteiger partial charge in [-0.1, -0.05) is 0 Å². The minimum absolute atomic E-state index is 0.108. The van der Waals surface area contributed by atoms with E-state index in [0.29, 0.717) is 47.2 Å². The Kier molecular flexibility index (Phi) is 7.12. The molecule has 1 heterocycles. The van der Waals surface area contributed by atoms with E-state index in [1.165, 1.54) is 14.2 Å². The fraction of sp³-hybridized carbons (Fsp3) is 0.417. The van der Waals surface area contributed by atoms with Crippen molar-refractivity contribution < 1.29 is 28.5 Å². The Hall–Kier alpha value is -3.42. The Morgan fingerprint density at radius 3 is 1.31 bits per heavy atom. The molecule has 0 radical (unpaired) electrons. The maximum Gasteiger partial charge on any atom is 0.254 e. The highest BCUT2D eigenvalue weighted by Gasteiger charge is 2.35. The van der Waals surface area contributed by atoms with Gasteiger partial charge in [0.1, 0.15) is 0 Å². The highest BCUT2D eigenvalue weighted by molar-refractivity contribution is 5.97. The zero-order valence-corrected chi connectivity index (χ0v) is 19.4. The first-order chi connectivity index (χ1) is 15.3. The second kappa shape index (κ2) is 9.80. The summed E-state index contributed by atoms with van der Waals surface area (Å²) in [5.41, 5.74) is 1.03. The van der Waals surface area contributed by atoms with Crippen molar-refractivity contribution >= 4 is 11.8 Å². The van der Waals surface area contributed by atoms with Crippen LogP contribution in [0.3, 0.4) is 0 Å². The molecule has 0 aliphatic carbocycles. The number of rotatable bonds is 6. The van der Waals surface area contributed by atoms with Gasteiger partial charge in [-0.05, 0) is 50.2 Å². The molecule has 8 nitrogen and oxygen atoms in total. The zero-order chi connectivity index (χ0) is 23.4. The van der Waals surface area contributed by atoms with Gasteiger partial charge in [-0.15, -0.1) is 0 Å². The predicted octanol–water partition coefficient (Wildman–Crippen LogP) is 3.10. The number of benzene rings is 2. The maximum atomic E-state index is 13.2. The lowest BCUT2D eigenvalue weighted by Gasteiger charge is -2.44. The van der Waals surface area contributed by atoms with Crippen LogP contribution in [0.1, 0.15) is 34.6 Å². The number of ether oxygens (including phenoxy) is 4. The molecule has 0 bridgehead atoms. The quantitative estimate of drug-likeness (QED) is 0.684. The first-order valence-electron chi connectivity index (χ1n) is 10.4. The molecular formula is C24H30N2O6. The summed E-state index contributed by atoms with van der Waals surface area (Å²) < 4.78 is 21.2. The minimum Gasteiger partial charge on any atom is -0.493 e. The highest BCUT2D eigenvalue weighted by Crippen LogP contribution is 2.31. The first kappa shape index (κ1) is 23.2. The summed E-state index contributed by atoms with van der Waals surface area (Å²) in [4.78, 5) is 30.0. The van der Waals surface area contributed by atoms with Gasteiger partial charge in [-0.3, -0.25) is 9.59 Å². The van der Waals surface area contributed by atoms with Gasteiger partial charge >= 0.3 is 0 Å². The Bertz CT molecular complexity index is 913. The van der Waals surface area contributed by atoms with Crippen molar-refractivity contribution in [3.63, 3.8) is 0 Å². The van der Waals surface area contributed by atoms with Gasteiger partial charge in [0.05, 0.1) is 28.4 Å². The van der Waals surface area contributed by atoms with Crippen molar-refractivity contribution in [3.8, 4) is 23.0 Å². The van der Waals surface area contributed by atoms with E-state index < -0.39 is 0 Å². The van der Waals surface area contributed by atoms with Crippen LogP contribution in [0, 0.1) is 0 Å². The van der Waals surface area contributed by atoms with E-state index >= 15 is 0 Å². The van der Waals surface area contributed by atoms with Crippen molar-refractivity contribution in [1.29, 1.82) is 0 Å². The van der Waals surface area contributed by atoms with Crippen LogP contribution < -0.4 is 18.9 Å². The summed E-state index contributed by atoms with van der Waals surface area (Å²) in [6.45, 7) is 4.74. The Labute approximate surface area is 188 Å². The van der Waals surface area contributed by atoms with E-state index in [1.54, 1.807) is 60.4 Å². The van der Waals surface area contributed by atoms with E-state index in [2.05, 4.69) is 0 Å². The van der Waals surface area contributed by atoms with Gasteiger partial charge in [0.15, 0.2) is 23.0 Å². The van der Waals surface area contributed by atoms with E-state index in [4.69, 9.17) is 18.9 Å². The topological polar surface area (TPSA) is 77.5 Å². The van der Waals surface area contributed by atoms with Gasteiger partial charge < -0.3 is 28.7 Å². The predicted molar refractivity (Wildman–Crippen MR) is 120 cm³/mol. The molecule has 172 valence electrons. The van der Waals surface area contributed by atoms with Crippen molar-refractivity contribution in [2.24, 2.45) is 0 Å². The summed E-state index contributed by atoms with van der Waals surface area (Å²) in [5.74, 6) is 1.92. The van der Waals surface area contributed by atoms with E-state index in [-0.39, 0.29) is 23.9 Å². The fourth-order valence-electron chi connectivity index (χ4n) is 3.96. The molecule has 8 heteroatoms. The monoisotopic (exact) mass is 442 g/mol. The molecular weight excluding hydrogens is 412 g/mol. The third kappa shape index (κ3) is 4.44. The lowest BCUT2D eigenvalue weighted by molar-refractivity contribution is 0.0269. The fourth-order valence-corrected chi connectivity index (χ4v) is 3.96. The van der Waals surface area contributed by atoms with Crippen molar-refractivity contribution in [1.82, 2.24) is 9.80 Å². The molecule has 1 fully saturated rings. The Morgan fingerprint density at radius 2 is 1.00 bits per heavy atom. The Morgan fingerprint density at radius 1 is 0.656 bits per heavy atom. The van der Waals surface area contributed by atoms with Crippen LogP contribution >= 0.6 is 0 Å². The van der Waals surface area contributed by atoms with Crippen LogP contribution in [-0.2, 0) is 0 Å². The molecule has 2 aromatic carbocycles. The number of piperazine rings is 1. The molecule has 3 rings (SSSR count). The molecule has 0 saturated carbocycles. The molecule has 0 unspecified atom stereocenters. The van der Waals surface area contributed by atoms with Gasteiger partial charge in [0.25, 0.3) is 11.8 Å². The van der Waals surface area contributed by atoms with E-state index in [0.717, 1.165) is 0 Å². The van der Waals surface area contributed by atoms with Crippen LogP contribution in [0.5, 0.6) is 23.0 Å². The number of carbonyl (C=O) groups excluding carboxylic acids is 2. The number of hydrogen-bond donors (Lipinski definition) is 0. The van der Waals surface area contributed by atoms with Crippen LogP contribution in [-0.4, -0.2) is 75.2 Å². The molecule has 0 spiro atoms. The first-order valence-corrected chi connectivity index (χ1v) is 10.4. The van der Waals surface area contributed by atoms with Crippen LogP contribution in [0.15, 0.2) is 36.4 Å². The molecule has 1 aliphatic rings. The van der Waals surface area contributed by atoms with Crippen molar-refractivity contribution in [2.45, 2.75) is 25.9 Å². The molecule has 2 amide bonds. The van der Waals surface area contributed by atoms with Crippen LogP contribution in [0.2, 0.25) is 0 Å². The summed E-state index contributed by atoms with van der Waals surface area (Å²) in [5, 5.41) is 0. The highest BCUT2D eigenvalue weighted by atomic mass is 16.5. The van der Waals surface area contributed by atoms with Crippen molar-refractivity contribution in [2.75, 3.05) is 41.5 Å². The standard InChI is InChI=1S/C24H30N2O6/c1-15-13-26(24(28)18-8-10-20(30-4)22(12-18)32-6)16(2)14-25(15)23(27)17-7-9-19(29-3)21(11-17)31-5/h7-12,15-16H,13-14H2,1-6H3/t15-,16-/m1/s1. The third-order valence-electron chi connectivity index (χ3n) is 5.77. The normalized spacial score (nSPS) is 18.2. The smallest absolute Gasteiger partial charge is 0.254 e. The number of nitrogens with zero attached hydrogens (tertiary/aromatic N) is 2. The lowest BCUT2D eigenvalue weighted by atomic mass is 10.0. The van der Waals surface area contributed by atoms with Gasteiger partial charge in [0, 0.05) is 36.3 Å². The molecule has 0 N–H and O–H groups in total. The van der Waals surface area contributed by atoms with Crippen LogP contribution in [0.25, 0.3) is 0 Å². The lowest BCUT2D eigenvalue weighted by Crippen LogP contribution is -2.59. The maximum absolute atomic E-state index is 13.2. The third-order valence-corrected chi connectivity index (χ3v) is 5.77. The van der Waals surface area contributed by atoms with E-state index in [1.807, 2.05) is 13.8 Å². The second-order valence-corrected chi connectivity index (χ2v) is 7.75. The number of methoxy groups -OCH3 is 4. The molecule has 1 saturated heterocycles. The SMILES string of the molecule is COc1ccc(C(=O)N2C[C@@H](C)N(C(=O)c3ccc(OC)c(OC)c3)C[C@H]2C)cc1OC. The van der Waals surface area contributed by atoms with Gasteiger partial charge in [0.2, 0.25) is 0 Å². The average molecular weight is 443 g/mol. The summed E-state index contributed by atoms with van der Waals surface area (Å²) in [6, 6.07) is 9.93. The summed E-state index contributed by atoms with van der Waals surface area (Å²) >= 11 is 0. The number of carbonyl (C=O) groups is 2. The summed E-state index contributed by atoms with van der Waals surface area (Å²) in [6.07, 6.45) is 0. The number of amides is 2. The van der Waals surface area contributed by atoms with Crippen LogP contribution in [0.4, 0.5) is 0 Å². The molecule has 2 aromatic rings. The van der Waals surface area contributed by atoms with Crippen molar-refractivity contribution in [3.05, 3.63) is 47.5 Å². The zero-order valence-electron chi connectivity index (χ0n) is 19.4. The largest absolute Gasteiger partial charge is 0.493 e. The van der Waals surface area contributed by atoms with Gasteiger partial charge in [-0.25, -0.2) is 0 Å². The second-order valence-electron chi connectivity index (χ2n) is 7.75. The Balaban J connectivity index is 1.78. The number of hydrogen-bond acceptors (Lipinski definition) is 6. The average Bonchev–Trinajstić information content (AvgIpc) is 2.83. The molecule has 0 aromatic heterocycles. The minimum atomic E-state index is -0.157. The molecule has 2 atom stereocenters. The molecule has 1 aliphatic heterocycles.